The second-order valence-corrected chi connectivity index (χ2v) is 5.76. The van der Waals surface area contributed by atoms with Gasteiger partial charge in [0.05, 0.1) is 22.7 Å². The van der Waals surface area contributed by atoms with E-state index in [4.69, 9.17) is 5.11 Å². The number of aryl methyl sites for hydroxylation is 1. The number of rotatable bonds is 7. The minimum absolute atomic E-state index is 0.0359. The van der Waals surface area contributed by atoms with Gasteiger partial charge in [0.15, 0.2) is 0 Å². The van der Waals surface area contributed by atoms with E-state index in [0.717, 1.165) is 5.56 Å². The fourth-order valence-corrected chi connectivity index (χ4v) is 2.68. The molecular weight excluding hydrogens is 252 g/mol. The van der Waals surface area contributed by atoms with E-state index >= 15 is 0 Å². The van der Waals surface area contributed by atoms with Crippen LogP contribution in [0.15, 0.2) is 29.2 Å². The van der Waals surface area contributed by atoms with Gasteiger partial charge in [-0.15, -0.1) is 0 Å². The second-order valence-electron chi connectivity index (χ2n) is 4.27. The summed E-state index contributed by atoms with van der Waals surface area (Å²) in [6.07, 6.45) is 0.0891. The molecule has 0 unspecified atom stereocenters. The lowest BCUT2D eigenvalue weighted by atomic mass is 10.2. The zero-order valence-corrected chi connectivity index (χ0v) is 11.2. The Hall–Kier alpha value is -1.20. The molecule has 2 N–H and O–H groups in total. The molecule has 100 valence electrons. The SMILES string of the molecule is Cc1ccc([S@](=O)C[C@H](O)CCCC(=O)O)cc1. The van der Waals surface area contributed by atoms with Gasteiger partial charge in [-0.05, 0) is 31.9 Å². The Labute approximate surface area is 109 Å². The molecule has 0 saturated heterocycles. The second kappa shape index (κ2) is 7.28. The minimum atomic E-state index is -1.23. The zero-order valence-electron chi connectivity index (χ0n) is 10.3. The molecule has 18 heavy (non-hydrogen) atoms. The van der Waals surface area contributed by atoms with Gasteiger partial charge in [0.2, 0.25) is 0 Å². The van der Waals surface area contributed by atoms with Crippen molar-refractivity contribution in [1.29, 1.82) is 0 Å². The molecule has 0 fully saturated rings. The topological polar surface area (TPSA) is 74.6 Å². The maximum atomic E-state index is 11.9. The lowest BCUT2D eigenvalue weighted by molar-refractivity contribution is -0.137. The maximum Gasteiger partial charge on any atom is 0.303 e. The Kier molecular flexibility index (Phi) is 6.01. The van der Waals surface area contributed by atoms with E-state index < -0.39 is 22.9 Å². The van der Waals surface area contributed by atoms with Crippen LogP contribution in [0.1, 0.15) is 24.8 Å². The first-order valence-electron chi connectivity index (χ1n) is 5.84. The van der Waals surface area contributed by atoms with Gasteiger partial charge in [-0.1, -0.05) is 17.7 Å². The highest BCUT2D eigenvalue weighted by Crippen LogP contribution is 2.11. The molecule has 0 saturated carbocycles. The highest BCUT2D eigenvalue weighted by molar-refractivity contribution is 7.85. The van der Waals surface area contributed by atoms with Crippen molar-refractivity contribution in [2.45, 2.75) is 37.2 Å². The highest BCUT2D eigenvalue weighted by atomic mass is 32.2. The van der Waals surface area contributed by atoms with Crippen molar-refractivity contribution in [2.75, 3.05) is 5.75 Å². The van der Waals surface area contributed by atoms with Crippen molar-refractivity contribution in [2.24, 2.45) is 0 Å². The summed E-state index contributed by atoms with van der Waals surface area (Å²) in [5.41, 5.74) is 1.10. The fourth-order valence-electron chi connectivity index (χ4n) is 1.53. The lowest BCUT2D eigenvalue weighted by Crippen LogP contribution is -2.17. The molecule has 0 bridgehead atoms. The van der Waals surface area contributed by atoms with Gasteiger partial charge >= 0.3 is 5.97 Å². The standard InChI is InChI=1S/C13H18O4S/c1-10-5-7-12(8-6-10)18(17)9-11(14)3-2-4-13(15)16/h5-8,11,14H,2-4,9H2,1H3,(H,15,16)/t11-,18-/m1/s1. The summed E-state index contributed by atoms with van der Waals surface area (Å²) < 4.78 is 11.9. The number of hydrogen-bond donors (Lipinski definition) is 2. The molecule has 2 atom stereocenters. The van der Waals surface area contributed by atoms with Gasteiger partial charge in [-0.2, -0.15) is 0 Å². The Morgan fingerprint density at radius 3 is 2.50 bits per heavy atom. The summed E-state index contributed by atoms with van der Waals surface area (Å²) >= 11 is 0. The third-order valence-corrected chi connectivity index (χ3v) is 4.04. The third-order valence-electron chi connectivity index (χ3n) is 2.56. The summed E-state index contributed by atoms with van der Waals surface area (Å²) in [6, 6.07) is 7.33. The average Bonchev–Trinajstić information content (AvgIpc) is 2.29. The van der Waals surface area contributed by atoms with Crippen LogP contribution in [-0.2, 0) is 15.6 Å². The van der Waals surface area contributed by atoms with E-state index in [9.17, 15) is 14.1 Å². The molecule has 1 aromatic carbocycles. The first-order valence-corrected chi connectivity index (χ1v) is 7.16. The zero-order chi connectivity index (χ0) is 13.5. The molecule has 0 amide bonds. The number of carboxylic acids is 1. The van der Waals surface area contributed by atoms with Crippen molar-refractivity contribution in [3.63, 3.8) is 0 Å². The van der Waals surface area contributed by atoms with Crippen LogP contribution >= 0.6 is 0 Å². The Morgan fingerprint density at radius 2 is 1.94 bits per heavy atom. The maximum absolute atomic E-state index is 11.9. The Morgan fingerprint density at radius 1 is 1.33 bits per heavy atom. The van der Waals surface area contributed by atoms with Gasteiger partial charge in [-0.25, -0.2) is 0 Å². The van der Waals surface area contributed by atoms with Crippen molar-refractivity contribution in [3.8, 4) is 0 Å². The van der Waals surface area contributed by atoms with Crippen LogP contribution in [0.25, 0.3) is 0 Å². The molecule has 0 aliphatic carbocycles. The molecular formula is C13H18O4S. The van der Waals surface area contributed by atoms with Crippen molar-refractivity contribution in [3.05, 3.63) is 29.8 Å². The van der Waals surface area contributed by atoms with Crippen molar-refractivity contribution < 1.29 is 19.2 Å². The number of aliphatic hydroxyl groups excluding tert-OH is 1. The minimum Gasteiger partial charge on any atom is -0.481 e. The summed E-state index contributed by atoms with van der Waals surface area (Å²) in [5.74, 6) is -0.718. The normalized spacial score (nSPS) is 14.1. The number of aliphatic carboxylic acids is 1. The van der Waals surface area contributed by atoms with Gasteiger partial charge in [0.25, 0.3) is 0 Å². The lowest BCUT2D eigenvalue weighted by Gasteiger charge is -2.09. The smallest absolute Gasteiger partial charge is 0.303 e. The molecule has 0 radical (unpaired) electrons. The van der Waals surface area contributed by atoms with E-state index in [2.05, 4.69) is 0 Å². The van der Waals surface area contributed by atoms with Crippen molar-refractivity contribution >= 4 is 16.8 Å². The number of carboxylic acid groups (broad SMARTS) is 1. The fraction of sp³-hybridized carbons (Fsp3) is 0.462. The molecule has 4 nitrogen and oxygen atoms in total. The van der Waals surface area contributed by atoms with Crippen molar-refractivity contribution in [1.82, 2.24) is 0 Å². The molecule has 1 aromatic rings. The summed E-state index contributed by atoms with van der Waals surface area (Å²) in [4.78, 5) is 11.0. The predicted molar refractivity (Wildman–Crippen MR) is 69.9 cm³/mol. The van der Waals surface area contributed by atoms with Crippen LogP contribution in [0.2, 0.25) is 0 Å². The molecule has 0 spiro atoms. The summed E-state index contributed by atoms with van der Waals surface area (Å²) in [6.45, 7) is 1.95. The highest BCUT2D eigenvalue weighted by Gasteiger charge is 2.11. The number of aliphatic hydroxyl groups is 1. The molecule has 0 heterocycles. The molecule has 5 heteroatoms. The molecule has 0 aliphatic heterocycles. The van der Waals surface area contributed by atoms with Crippen LogP contribution in [0, 0.1) is 6.92 Å². The monoisotopic (exact) mass is 270 g/mol. The summed E-state index contributed by atoms with van der Waals surface area (Å²) in [7, 11) is -1.23. The average molecular weight is 270 g/mol. The Bertz CT molecular complexity index is 414. The van der Waals surface area contributed by atoms with Gasteiger partial charge in [0, 0.05) is 11.3 Å². The number of benzene rings is 1. The molecule has 0 aromatic heterocycles. The predicted octanol–water partition coefficient (Wildman–Crippen LogP) is 1.72. The third kappa shape index (κ3) is 5.42. The molecule has 0 aliphatic rings. The largest absolute Gasteiger partial charge is 0.481 e. The van der Waals surface area contributed by atoms with E-state index in [0.29, 0.717) is 17.7 Å². The van der Waals surface area contributed by atoms with E-state index in [1.165, 1.54) is 0 Å². The van der Waals surface area contributed by atoms with Gasteiger partial charge in [-0.3, -0.25) is 9.00 Å². The first-order chi connectivity index (χ1) is 8.49. The quantitative estimate of drug-likeness (QED) is 0.791. The van der Waals surface area contributed by atoms with Gasteiger partial charge in [0.1, 0.15) is 0 Å². The number of carbonyl (C=O) groups is 1. The van der Waals surface area contributed by atoms with Crippen LogP contribution < -0.4 is 0 Å². The van der Waals surface area contributed by atoms with Crippen LogP contribution in [0.3, 0.4) is 0 Å². The van der Waals surface area contributed by atoms with E-state index in [1.807, 2.05) is 19.1 Å². The Balaban J connectivity index is 2.39. The van der Waals surface area contributed by atoms with E-state index in [1.54, 1.807) is 12.1 Å². The van der Waals surface area contributed by atoms with E-state index in [-0.39, 0.29) is 12.2 Å². The molecule has 1 rings (SSSR count). The summed E-state index contributed by atoms with van der Waals surface area (Å²) in [5, 5.41) is 18.1. The first kappa shape index (κ1) is 14.9. The van der Waals surface area contributed by atoms with Crippen LogP contribution in [-0.4, -0.2) is 32.2 Å². The number of hydrogen-bond acceptors (Lipinski definition) is 3. The van der Waals surface area contributed by atoms with Crippen LogP contribution in [0.5, 0.6) is 0 Å². The van der Waals surface area contributed by atoms with Crippen LogP contribution in [0.4, 0.5) is 0 Å². The van der Waals surface area contributed by atoms with Gasteiger partial charge < -0.3 is 10.2 Å².